The van der Waals surface area contributed by atoms with Crippen LogP contribution in [-0.4, -0.2) is 9.91 Å². The molecule has 0 aliphatic rings. The quantitative estimate of drug-likeness (QED) is 0.315. The average Bonchev–Trinajstić information content (AvgIpc) is 3.07. The third-order valence-corrected chi connectivity index (χ3v) is 4.92. The Kier molecular flexibility index (Phi) is 3.06. The van der Waals surface area contributed by atoms with Crippen LogP contribution in [-0.2, 0) is 0 Å². The Morgan fingerprint density at radius 1 is 0.654 bits per heavy atom. The molecule has 0 saturated carbocycles. The molecule has 0 bridgehead atoms. The lowest BCUT2D eigenvalue weighted by atomic mass is 10.00. The van der Waals surface area contributed by atoms with Crippen LogP contribution in [0.15, 0.2) is 78.9 Å². The molecule has 5 rings (SSSR count). The van der Waals surface area contributed by atoms with Crippen LogP contribution in [0.1, 0.15) is 0 Å². The Morgan fingerprint density at radius 3 is 2.23 bits per heavy atom. The van der Waals surface area contributed by atoms with Crippen LogP contribution in [0.25, 0.3) is 43.7 Å². The molecule has 1 heterocycles. The van der Waals surface area contributed by atoms with Gasteiger partial charge in [-0.15, -0.1) is 0 Å². The normalized spacial score (nSPS) is 11.4. The summed E-state index contributed by atoms with van der Waals surface area (Å²) in [7, 11) is 0. The topological polar surface area (TPSA) is 58.9 Å². The van der Waals surface area contributed by atoms with Gasteiger partial charge in [-0.1, -0.05) is 66.7 Å². The van der Waals surface area contributed by atoms with E-state index in [1.165, 1.54) is 5.39 Å². The summed E-state index contributed by atoms with van der Waals surface area (Å²) in [5.74, 6) is 0. The number of rotatable bonds is 2. The van der Waals surface area contributed by atoms with E-state index >= 15 is 0 Å². The fourth-order valence-electron chi connectivity index (χ4n) is 3.75. The second-order valence-electron chi connectivity index (χ2n) is 6.34. The van der Waals surface area contributed by atoms with Crippen LogP contribution in [0.2, 0.25) is 0 Å². The van der Waals surface area contributed by atoms with E-state index in [2.05, 4.69) is 35.3 Å². The molecule has 0 amide bonds. The van der Waals surface area contributed by atoms with Crippen molar-refractivity contribution in [3.8, 4) is 11.1 Å². The Balaban J connectivity index is 1.91. The third-order valence-electron chi connectivity index (χ3n) is 4.92. The Labute approximate surface area is 148 Å². The van der Waals surface area contributed by atoms with E-state index in [9.17, 15) is 10.1 Å². The number of aromatic amines is 1. The second-order valence-corrected chi connectivity index (χ2v) is 6.34. The summed E-state index contributed by atoms with van der Waals surface area (Å²) in [5.41, 5.74) is 3.56. The summed E-state index contributed by atoms with van der Waals surface area (Å²) >= 11 is 0. The smallest absolute Gasteiger partial charge is 0.277 e. The lowest BCUT2D eigenvalue weighted by Crippen LogP contribution is -1.92. The van der Waals surface area contributed by atoms with Crippen molar-refractivity contribution in [3.63, 3.8) is 0 Å². The Morgan fingerprint density at radius 2 is 1.35 bits per heavy atom. The zero-order chi connectivity index (χ0) is 17.7. The summed E-state index contributed by atoms with van der Waals surface area (Å²) in [6.07, 6.45) is 0. The summed E-state index contributed by atoms with van der Waals surface area (Å²) in [4.78, 5) is 14.7. The van der Waals surface area contributed by atoms with Crippen LogP contribution in [0.5, 0.6) is 0 Å². The van der Waals surface area contributed by atoms with Gasteiger partial charge >= 0.3 is 0 Å². The first-order valence-corrected chi connectivity index (χ1v) is 8.40. The zero-order valence-electron chi connectivity index (χ0n) is 13.8. The van der Waals surface area contributed by atoms with Gasteiger partial charge in [0, 0.05) is 27.8 Å². The molecule has 0 aliphatic carbocycles. The SMILES string of the molecule is O=[N+]([O-])c1ccccc1-c1cccc2c1[nH]c1c3ccccc3ccc21. The van der Waals surface area contributed by atoms with E-state index in [-0.39, 0.29) is 10.6 Å². The maximum absolute atomic E-state index is 11.5. The highest BCUT2D eigenvalue weighted by atomic mass is 16.6. The lowest BCUT2D eigenvalue weighted by Gasteiger charge is -2.04. The highest BCUT2D eigenvalue weighted by molar-refractivity contribution is 6.19. The number of nitro benzene ring substituents is 1. The first-order valence-electron chi connectivity index (χ1n) is 8.40. The van der Waals surface area contributed by atoms with E-state index < -0.39 is 0 Å². The molecule has 124 valence electrons. The molecule has 1 N–H and O–H groups in total. The standard InChI is InChI=1S/C22H14N2O2/c25-24(26)20-11-4-3-8-16(20)17-9-5-10-18-19-13-12-14-6-1-2-7-15(14)21(19)23-22(17)18/h1-13,23H. The minimum atomic E-state index is -0.327. The summed E-state index contributed by atoms with van der Waals surface area (Å²) in [5, 5.41) is 16.0. The van der Waals surface area contributed by atoms with Gasteiger partial charge in [0.1, 0.15) is 0 Å². The van der Waals surface area contributed by atoms with Gasteiger partial charge in [-0.3, -0.25) is 10.1 Å². The number of nitrogens with zero attached hydrogens (tertiary/aromatic N) is 1. The van der Waals surface area contributed by atoms with Crippen molar-refractivity contribution in [2.75, 3.05) is 0 Å². The predicted molar refractivity (Wildman–Crippen MR) is 105 cm³/mol. The van der Waals surface area contributed by atoms with Gasteiger partial charge in [-0.2, -0.15) is 0 Å². The van der Waals surface area contributed by atoms with E-state index in [0.717, 1.165) is 32.8 Å². The summed E-state index contributed by atoms with van der Waals surface area (Å²) in [6.45, 7) is 0. The maximum Gasteiger partial charge on any atom is 0.277 e. The number of hydrogen-bond acceptors (Lipinski definition) is 2. The van der Waals surface area contributed by atoms with Gasteiger partial charge < -0.3 is 4.98 Å². The average molecular weight is 338 g/mol. The number of nitro groups is 1. The molecule has 0 aliphatic heterocycles. The molecule has 4 nitrogen and oxygen atoms in total. The number of hydrogen-bond donors (Lipinski definition) is 1. The van der Waals surface area contributed by atoms with E-state index in [4.69, 9.17) is 0 Å². The molecule has 1 aromatic heterocycles. The van der Waals surface area contributed by atoms with Crippen molar-refractivity contribution in [1.82, 2.24) is 4.98 Å². The van der Waals surface area contributed by atoms with Crippen LogP contribution in [0, 0.1) is 10.1 Å². The molecule has 0 radical (unpaired) electrons. The largest absolute Gasteiger partial charge is 0.353 e. The van der Waals surface area contributed by atoms with E-state index in [1.807, 2.05) is 30.3 Å². The van der Waals surface area contributed by atoms with Gasteiger partial charge in [0.2, 0.25) is 0 Å². The maximum atomic E-state index is 11.5. The fraction of sp³-hybridized carbons (Fsp3) is 0. The number of aromatic nitrogens is 1. The minimum absolute atomic E-state index is 0.114. The van der Waals surface area contributed by atoms with Crippen molar-refractivity contribution >= 4 is 38.3 Å². The van der Waals surface area contributed by atoms with Gasteiger partial charge in [-0.05, 0) is 11.5 Å². The zero-order valence-corrected chi connectivity index (χ0v) is 13.8. The molecule has 0 atom stereocenters. The Hall–Kier alpha value is -3.66. The van der Waals surface area contributed by atoms with E-state index in [1.54, 1.807) is 18.2 Å². The van der Waals surface area contributed by atoms with Crippen molar-refractivity contribution in [1.29, 1.82) is 0 Å². The number of para-hydroxylation sites is 2. The second kappa shape index (κ2) is 5.43. The molecule has 4 aromatic carbocycles. The molecule has 5 aromatic rings. The van der Waals surface area contributed by atoms with E-state index in [0.29, 0.717) is 5.56 Å². The van der Waals surface area contributed by atoms with Crippen molar-refractivity contribution < 1.29 is 4.92 Å². The molecule has 0 fully saturated rings. The third kappa shape index (κ3) is 2.02. The number of H-pyrrole nitrogens is 1. The molecular formula is C22H14N2O2. The van der Waals surface area contributed by atoms with Crippen LogP contribution >= 0.6 is 0 Å². The lowest BCUT2D eigenvalue weighted by molar-refractivity contribution is -0.384. The predicted octanol–water partition coefficient (Wildman–Crippen LogP) is 6.05. The molecule has 26 heavy (non-hydrogen) atoms. The van der Waals surface area contributed by atoms with Gasteiger partial charge in [0.15, 0.2) is 0 Å². The van der Waals surface area contributed by atoms with Crippen molar-refractivity contribution in [2.45, 2.75) is 0 Å². The van der Waals surface area contributed by atoms with Crippen molar-refractivity contribution in [2.24, 2.45) is 0 Å². The number of benzene rings is 4. The van der Waals surface area contributed by atoms with Gasteiger partial charge in [0.25, 0.3) is 5.69 Å². The molecule has 0 saturated heterocycles. The Bertz CT molecular complexity index is 1320. The molecular weight excluding hydrogens is 324 g/mol. The molecule has 4 heteroatoms. The van der Waals surface area contributed by atoms with Crippen molar-refractivity contribution in [3.05, 3.63) is 89.0 Å². The number of fused-ring (bicyclic) bond motifs is 5. The first-order chi connectivity index (χ1) is 12.7. The van der Waals surface area contributed by atoms with Gasteiger partial charge in [0.05, 0.1) is 21.5 Å². The molecule has 0 spiro atoms. The highest BCUT2D eigenvalue weighted by Crippen LogP contribution is 2.38. The first kappa shape index (κ1) is 14.7. The molecule has 0 unspecified atom stereocenters. The van der Waals surface area contributed by atoms with Crippen LogP contribution < -0.4 is 0 Å². The summed E-state index contributed by atoms with van der Waals surface area (Å²) < 4.78 is 0. The van der Waals surface area contributed by atoms with Crippen LogP contribution in [0.3, 0.4) is 0 Å². The fourth-order valence-corrected chi connectivity index (χ4v) is 3.75. The van der Waals surface area contributed by atoms with Crippen LogP contribution in [0.4, 0.5) is 5.69 Å². The number of nitrogens with one attached hydrogen (secondary N) is 1. The minimum Gasteiger partial charge on any atom is -0.353 e. The van der Waals surface area contributed by atoms with Gasteiger partial charge in [-0.25, -0.2) is 0 Å². The highest BCUT2D eigenvalue weighted by Gasteiger charge is 2.18. The summed E-state index contributed by atoms with van der Waals surface area (Å²) in [6, 6.07) is 25.3. The monoisotopic (exact) mass is 338 g/mol.